The molecule has 2 aromatic carbocycles. The molecule has 0 atom stereocenters. The van der Waals surface area contributed by atoms with E-state index in [0.29, 0.717) is 5.56 Å². The summed E-state index contributed by atoms with van der Waals surface area (Å²) < 4.78 is 0. The quantitative estimate of drug-likeness (QED) is 0.240. The third-order valence-corrected chi connectivity index (χ3v) is 5.07. The molecule has 0 spiro atoms. The lowest BCUT2D eigenvalue weighted by atomic mass is 10.2. The number of amides is 2. The zero-order valence-electron chi connectivity index (χ0n) is 15.8. The normalized spacial score (nSPS) is 11.3. The zero-order valence-corrected chi connectivity index (χ0v) is 17.4. The van der Waals surface area contributed by atoms with Crippen molar-refractivity contribution in [3.8, 4) is 0 Å². The molecule has 3 aromatic rings. The third kappa shape index (κ3) is 6.08. The topological polar surface area (TPSA) is 114 Å². The van der Waals surface area contributed by atoms with E-state index in [1.54, 1.807) is 30.3 Å². The predicted molar refractivity (Wildman–Crippen MR) is 120 cm³/mol. The van der Waals surface area contributed by atoms with Crippen LogP contribution in [0.5, 0.6) is 0 Å². The van der Waals surface area contributed by atoms with E-state index in [2.05, 4.69) is 15.8 Å². The number of halogens is 1. The van der Waals surface area contributed by atoms with Crippen LogP contribution in [0.15, 0.2) is 76.8 Å². The molecule has 0 fully saturated rings. The van der Waals surface area contributed by atoms with E-state index < -0.39 is 16.7 Å². The molecule has 3 rings (SSSR count). The maximum atomic E-state index is 12.6. The smallest absolute Gasteiger partial charge is 0.287 e. The van der Waals surface area contributed by atoms with Crippen LogP contribution in [0.25, 0.3) is 6.08 Å². The van der Waals surface area contributed by atoms with Gasteiger partial charge < -0.3 is 5.32 Å². The van der Waals surface area contributed by atoms with Gasteiger partial charge in [-0.15, -0.1) is 11.3 Å². The fourth-order valence-corrected chi connectivity index (χ4v) is 3.30. The summed E-state index contributed by atoms with van der Waals surface area (Å²) in [5, 5.41) is 19.2. The van der Waals surface area contributed by atoms with E-state index in [9.17, 15) is 19.7 Å². The van der Waals surface area contributed by atoms with Crippen molar-refractivity contribution in [3.05, 3.63) is 103 Å². The number of hydrogen-bond donors (Lipinski definition) is 2. The first kappa shape index (κ1) is 21.9. The second kappa shape index (κ2) is 10.3. The molecule has 0 radical (unpaired) electrons. The van der Waals surface area contributed by atoms with Gasteiger partial charge in [-0.25, -0.2) is 5.43 Å². The Kier molecular flexibility index (Phi) is 7.26. The lowest BCUT2D eigenvalue weighted by molar-refractivity contribution is -0.384. The van der Waals surface area contributed by atoms with Crippen LogP contribution in [0, 0.1) is 10.1 Å². The van der Waals surface area contributed by atoms with Gasteiger partial charge in [-0.3, -0.25) is 19.7 Å². The minimum atomic E-state index is -0.646. The fraction of sp³-hybridized carbons (Fsp3) is 0. The first-order valence-electron chi connectivity index (χ1n) is 8.83. The van der Waals surface area contributed by atoms with E-state index in [-0.39, 0.29) is 22.0 Å². The molecule has 0 unspecified atom stereocenters. The van der Waals surface area contributed by atoms with Crippen LogP contribution in [0.4, 0.5) is 5.69 Å². The van der Waals surface area contributed by atoms with Gasteiger partial charge in [0.2, 0.25) is 0 Å². The lowest BCUT2D eigenvalue weighted by Crippen LogP contribution is -2.32. The minimum absolute atomic E-state index is 0.0202. The summed E-state index contributed by atoms with van der Waals surface area (Å²) in [6.45, 7) is 0. The molecule has 2 N–H and O–H groups in total. The van der Waals surface area contributed by atoms with Gasteiger partial charge in [-0.2, -0.15) is 5.10 Å². The van der Waals surface area contributed by atoms with Crippen molar-refractivity contribution in [2.75, 3.05) is 0 Å². The summed E-state index contributed by atoms with van der Waals surface area (Å²) >= 11 is 7.45. The monoisotopic (exact) mass is 454 g/mol. The molecule has 1 aromatic heterocycles. The Hall–Kier alpha value is -3.82. The van der Waals surface area contributed by atoms with Gasteiger partial charge in [-0.05, 0) is 47.4 Å². The van der Waals surface area contributed by atoms with Crippen molar-refractivity contribution in [1.29, 1.82) is 0 Å². The largest absolute Gasteiger partial charge is 0.317 e. The molecule has 0 aliphatic carbocycles. The maximum Gasteiger partial charge on any atom is 0.287 e. The number of nitro groups is 1. The summed E-state index contributed by atoms with van der Waals surface area (Å²) in [6, 6.07) is 15.7. The van der Waals surface area contributed by atoms with E-state index >= 15 is 0 Å². The highest BCUT2D eigenvalue weighted by Gasteiger charge is 2.16. The second-order valence-corrected chi connectivity index (χ2v) is 7.44. The van der Waals surface area contributed by atoms with Gasteiger partial charge in [0.1, 0.15) is 5.70 Å². The number of nitrogens with one attached hydrogen (secondary N) is 2. The van der Waals surface area contributed by atoms with E-state index in [0.717, 1.165) is 4.88 Å². The number of carbonyl (C=O) groups is 2. The highest BCUT2D eigenvalue weighted by atomic mass is 35.5. The van der Waals surface area contributed by atoms with Crippen LogP contribution in [-0.4, -0.2) is 23.0 Å². The SMILES string of the molecule is O=C(NN=Cc1ccc([N+](=O)[O-])cc1)/C(=C\c1cccs1)NC(=O)c1ccccc1Cl. The van der Waals surface area contributed by atoms with Crippen LogP contribution < -0.4 is 10.7 Å². The molecule has 8 nitrogen and oxygen atoms in total. The Bertz CT molecular complexity index is 1160. The summed E-state index contributed by atoms with van der Waals surface area (Å²) in [5.74, 6) is -1.19. The Balaban J connectivity index is 1.74. The van der Waals surface area contributed by atoms with Crippen LogP contribution in [0.3, 0.4) is 0 Å². The molecule has 0 saturated carbocycles. The van der Waals surface area contributed by atoms with Gasteiger partial charge in [0.05, 0.1) is 21.7 Å². The first-order valence-corrected chi connectivity index (χ1v) is 10.1. The number of hydrazone groups is 1. The summed E-state index contributed by atoms with van der Waals surface area (Å²) in [7, 11) is 0. The second-order valence-electron chi connectivity index (χ2n) is 6.06. The van der Waals surface area contributed by atoms with Gasteiger partial charge in [0.15, 0.2) is 0 Å². The molecule has 2 amide bonds. The van der Waals surface area contributed by atoms with Crippen molar-refractivity contribution in [3.63, 3.8) is 0 Å². The Labute approximate surface area is 186 Å². The third-order valence-electron chi connectivity index (χ3n) is 3.92. The number of hydrogen-bond acceptors (Lipinski definition) is 6. The van der Waals surface area contributed by atoms with Crippen LogP contribution in [0.1, 0.15) is 20.8 Å². The lowest BCUT2D eigenvalue weighted by Gasteiger charge is -2.09. The number of rotatable bonds is 7. The number of benzene rings is 2. The zero-order chi connectivity index (χ0) is 22.2. The minimum Gasteiger partial charge on any atom is -0.317 e. The molecule has 0 bridgehead atoms. The molecule has 156 valence electrons. The van der Waals surface area contributed by atoms with Gasteiger partial charge >= 0.3 is 0 Å². The molecule has 10 heteroatoms. The number of nitro benzene ring substituents is 1. The standard InChI is InChI=1S/C21H15ClN4O4S/c22-18-6-2-1-5-17(18)20(27)24-19(12-16-4-3-11-31-16)21(28)25-23-13-14-7-9-15(10-8-14)26(29)30/h1-13H,(H,24,27)(H,25,28)/b19-12+,23-13?. The van der Waals surface area contributed by atoms with Crippen molar-refractivity contribution in [2.45, 2.75) is 0 Å². The predicted octanol–water partition coefficient (Wildman–Crippen LogP) is 4.23. The molecule has 31 heavy (non-hydrogen) atoms. The van der Waals surface area contributed by atoms with Crippen LogP contribution in [0.2, 0.25) is 5.02 Å². The molecular formula is C21H15ClN4O4S. The molecule has 0 saturated heterocycles. The van der Waals surface area contributed by atoms with E-state index in [1.165, 1.54) is 47.9 Å². The molecule has 0 aliphatic rings. The first-order chi connectivity index (χ1) is 14.9. The number of thiophene rings is 1. The Morgan fingerprint density at radius 2 is 1.81 bits per heavy atom. The average molecular weight is 455 g/mol. The molecule has 1 heterocycles. The fourth-order valence-electron chi connectivity index (χ4n) is 2.42. The molecule has 0 aliphatic heterocycles. The average Bonchev–Trinajstić information content (AvgIpc) is 3.27. The highest BCUT2D eigenvalue weighted by Crippen LogP contribution is 2.17. The van der Waals surface area contributed by atoms with Crippen molar-refractivity contribution >= 4 is 52.7 Å². The maximum absolute atomic E-state index is 12.6. The van der Waals surface area contributed by atoms with E-state index in [1.807, 2.05) is 11.4 Å². The van der Waals surface area contributed by atoms with Gasteiger partial charge in [0, 0.05) is 17.0 Å². The summed E-state index contributed by atoms with van der Waals surface area (Å²) in [5.41, 5.74) is 3.04. The number of non-ortho nitro benzene ring substituents is 1. The van der Waals surface area contributed by atoms with Gasteiger partial charge in [-0.1, -0.05) is 29.8 Å². The Morgan fingerprint density at radius 3 is 2.45 bits per heavy atom. The highest BCUT2D eigenvalue weighted by molar-refractivity contribution is 7.10. The van der Waals surface area contributed by atoms with Crippen molar-refractivity contribution in [1.82, 2.24) is 10.7 Å². The van der Waals surface area contributed by atoms with Crippen molar-refractivity contribution < 1.29 is 14.5 Å². The van der Waals surface area contributed by atoms with Crippen LogP contribution in [-0.2, 0) is 4.79 Å². The van der Waals surface area contributed by atoms with Crippen LogP contribution >= 0.6 is 22.9 Å². The Morgan fingerprint density at radius 1 is 1.06 bits per heavy atom. The number of carbonyl (C=O) groups excluding carboxylic acids is 2. The number of nitrogens with zero attached hydrogens (tertiary/aromatic N) is 2. The molecular weight excluding hydrogens is 440 g/mol. The van der Waals surface area contributed by atoms with E-state index in [4.69, 9.17) is 11.6 Å². The van der Waals surface area contributed by atoms with Gasteiger partial charge in [0.25, 0.3) is 17.5 Å². The van der Waals surface area contributed by atoms with Crippen molar-refractivity contribution in [2.24, 2.45) is 5.10 Å². The summed E-state index contributed by atoms with van der Waals surface area (Å²) in [6.07, 6.45) is 2.86. The summed E-state index contributed by atoms with van der Waals surface area (Å²) in [4.78, 5) is 36.2.